The average Bonchev–Trinajstić information content (AvgIpc) is 2.91. The van der Waals surface area contributed by atoms with Gasteiger partial charge in [-0.2, -0.15) is 0 Å². The SMILES string of the molecule is CCc1ccc(N2C(=O)C(SC(C)C)=C(c3ccc(OC(C)C)cc3)C2=O)cc1. The number of nitrogens with zero attached hydrogens (tertiary/aromatic N) is 1. The summed E-state index contributed by atoms with van der Waals surface area (Å²) in [5.41, 5.74) is 2.96. The van der Waals surface area contributed by atoms with Gasteiger partial charge in [0.1, 0.15) is 5.75 Å². The molecule has 2 aromatic rings. The first-order valence-corrected chi connectivity index (χ1v) is 10.9. The van der Waals surface area contributed by atoms with E-state index in [-0.39, 0.29) is 23.2 Å². The maximum atomic E-state index is 13.3. The molecule has 0 aliphatic carbocycles. The lowest BCUT2D eigenvalue weighted by atomic mass is 10.1. The Morgan fingerprint density at radius 2 is 1.52 bits per heavy atom. The minimum atomic E-state index is -0.278. The standard InChI is InChI=1S/C24H27NO3S/c1-6-17-7-11-19(12-8-17)25-23(26)21(22(24(25)27)29-16(4)5)18-9-13-20(14-10-18)28-15(2)3/h7-16H,6H2,1-5H3. The number of amides is 2. The summed E-state index contributed by atoms with van der Waals surface area (Å²) in [6, 6.07) is 15.0. The van der Waals surface area contributed by atoms with Gasteiger partial charge in [-0.15, -0.1) is 11.8 Å². The summed E-state index contributed by atoms with van der Waals surface area (Å²) in [6.07, 6.45) is 0.980. The number of rotatable bonds is 7. The second-order valence-corrected chi connectivity index (χ2v) is 9.11. The molecule has 0 saturated carbocycles. The maximum Gasteiger partial charge on any atom is 0.272 e. The normalized spacial score (nSPS) is 14.5. The number of hydrogen-bond acceptors (Lipinski definition) is 4. The van der Waals surface area contributed by atoms with E-state index < -0.39 is 0 Å². The molecular formula is C24H27NO3S. The largest absolute Gasteiger partial charge is 0.491 e. The van der Waals surface area contributed by atoms with Crippen LogP contribution in [-0.2, 0) is 16.0 Å². The Morgan fingerprint density at radius 3 is 2.03 bits per heavy atom. The number of thioether (sulfide) groups is 1. The smallest absolute Gasteiger partial charge is 0.272 e. The molecule has 2 amide bonds. The molecule has 0 bridgehead atoms. The van der Waals surface area contributed by atoms with Gasteiger partial charge in [0.25, 0.3) is 11.8 Å². The van der Waals surface area contributed by atoms with E-state index in [1.807, 2.05) is 76.2 Å². The molecule has 4 nitrogen and oxygen atoms in total. The molecule has 29 heavy (non-hydrogen) atoms. The molecule has 2 aromatic carbocycles. The molecule has 1 heterocycles. The van der Waals surface area contributed by atoms with Crippen molar-refractivity contribution in [2.24, 2.45) is 0 Å². The lowest BCUT2D eigenvalue weighted by molar-refractivity contribution is -0.119. The summed E-state index contributed by atoms with van der Waals surface area (Å²) in [4.78, 5) is 28.3. The van der Waals surface area contributed by atoms with Gasteiger partial charge in [0.2, 0.25) is 0 Å². The fourth-order valence-electron chi connectivity index (χ4n) is 3.20. The molecule has 0 aromatic heterocycles. The first kappa shape index (κ1) is 21.2. The van der Waals surface area contributed by atoms with Crippen LogP contribution in [-0.4, -0.2) is 23.2 Å². The third-order valence-corrected chi connectivity index (χ3v) is 5.60. The van der Waals surface area contributed by atoms with Gasteiger partial charge in [-0.05, 0) is 55.7 Å². The van der Waals surface area contributed by atoms with Crippen LogP contribution in [0, 0.1) is 0 Å². The molecule has 1 aliphatic heterocycles. The van der Waals surface area contributed by atoms with Gasteiger partial charge >= 0.3 is 0 Å². The van der Waals surface area contributed by atoms with Crippen LogP contribution >= 0.6 is 11.8 Å². The van der Waals surface area contributed by atoms with E-state index in [1.165, 1.54) is 22.2 Å². The number of imide groups is 1. The van der Waals surface area contributed by atoms with Gasteiger partial charge < -0.3 is 4.74 Å². The van der Waals surface area contributed by atoms with Gasteiger partial charge in [-0.1, -0.05) is 45.0 Å². The Hall–Kier alpha value is -2.53. The molecule has 0 fully saturated rings. The van der Waals surface area contributed by atoms with E-state index in [9.17, 15) is 9.59 Å². The highest BCUT2D eigenvalue weighted by Crippen LogP contribution is 2.40. The molecule has 0 unspecified atom stereocenters. The highest BCUT2D eigenvalue weighted by molar-refractivity contribution is 8.04. The van der Waals surface area contributed by atoms with Crippen LogP contribution in [0.15, 0.2) is 53.4 Å². The quantitative estimate of drug-likeness (QED) is 0.570. The number of aryl methyl sites for hydroxylation is 1. The van der Waals surface area contributed by atoms with Crippen LogP contribution in [0.2, 0.25) is 0 Å². The van der Waals surface area contributed by atoms with Crippen LogP contribution < -0.4 is 9.64 Å². The minimum Gasteiger partial charge on any atom is -0.491 e. The molecule has 3 rings (SSSR count). The van der Waals surface area contributed by atoms with Crippen molar-refractivity contribution in [1.82, 2.24) is 0 Å². The van der Waals surface area contributed by atoms with Crippen molar-refractivity contribution in [3.05, 3.63) is 64.6 Å². The van der Waals surface area contributed by atoms with Gasteiger partial charge in [-0.25, -0.2) is 4.90 Å². The first-order chi connectivity index (χ1) is 13.8. The van der Waals surface area contributed by atoms with E-state index in [0.29, 0.717) is 16.2 Å². The van der Waals surface area contributed by atoms with Crippen molar-refractivity contribution < 1.29 is 14.3 Å². The molecule has 0 radical (unpaired) electrons. The highest BCUT2D eigenvalue weighted by Gasteiger charge is 2.40. The predicted molar refractivity (Wildman–Crippen MR) is 120 cm³/mol. The van der Waals surface area contributed by atoms with Crippen LogP contribution in [0.4, 0.5) is 5.69 Å². The third kappa shape index (κ3) is 4.56. The average molecular weight is 410 g/mol. The molecular weight excluding hydrogens is 382 g/mol. The van der Waals surface area contributed by atoms with Gasteiger partial charge in [-0.3, -0.25) is 9.59 Å². The monoisotopic (exact) mass is 409 g/mol. The van der Waals surface area contributed by atoms with Gasteiger partial charge in [0.05, 0.1) is 22.3 Å². The molecule has 1 aliphatic rings. The first-order valence-electron chi connectivity index (χ1n) is 9.97. The summed E-state index contributed by atoms with van der Waals surface area (Å²) in [7, 11) is 0. The summed E-state index contributed by atoms with van der Waals surface area (Å²) in [6.45, 7) is 10.0. The molecule has 0 atom stereocenters. The fourth-order valence-corrected chi connectivity index (χ4v) is 4.18. The summed E-state index contributed by atoms with van der Waals surface area (Å²) in [5, 5.41) is 0.183. The zero-order valence-corrected chi connectivity index (χ0v) is 18.4. The van der Waals surface area contributed by atoms with Crippen molar-refractivity contribution in [3.63, 3.8) is 0 Å². The number of hydrogen-bond donors (Lipinski definition) is 0. The van der Waals surface area contributed by atoms with Gasteiger partial charge in [0.15, 0.2) is 0 Å². The van der Waals surface area contributed by atoms with Gasteiger partial charge in [0, 0.05) is 5.25 Å². The molecule has 152 valence electrons. The van der Waals surface area contributed by atoms with E-state index in [4.69, 9.17) is 4.74 Å². The van der Waals surface area contributed by atoms with Crippen molar-refractivity contribution in [3.8, 4) is 5.75 Å². The van der Waals surface area contributed by atoms with Crippen molar-refractivity contribution in [2.75, 3.05) is 4.90 Å². The Labute approximate surface area is 176 Å². The Balaban J connectivity index is 2.00. The molecule has 0 N–H and O–H groups in total. The van der Waals surface area contributed by atoms with Crippen LogP contribution in [0.3, 0.4) is 0 Å². The zero-order valence-electron chi connectivity index (χ0n) is 17.6. The summed E-state index contributed by atoms with van der Waals surface area (Å²) >= 11 is 1.43. The van der Waals surface area contributed by atoms with Crippen molar-refractivity contribution in [1.29, 1.82) is 0 Å². The van der Waals surface area contributed by atoms with Crippen LogP contribution in [0.5, 0.6) is 5.75 Å². The topological polar surface area (TPSA) is 46.6 Å². The number of anilines is 1. The van der Waals surface area contributed by atoms with Crippen LogP contribution in [0.25, 0.3) is 5.57 Å². The third-order valence-electron chi connectivity index (χ3n) is 4.51. The Kier molecular flexibility index (Phi) is 6.48. The Bertz CT molecular complexity index is 928. The molecule has 0 saturated heterocycles. The Morgan fingerprint density at radius 1 is 0.897 bits per heavy atom. The number of carbonyl (C=O) groups excluding carboxylic acids is 2. The predicted octanol–water partition coefficient (Wildman–Crippen LogP) is 5.46. The van der Waals surface area contributed by atoms with Crippen molar-refractivity contribution >= 4 is 34.8 Å². The lowest BCUT2D eigenvalue weighted by Gasteiger charge is -2.16. The minimum absolute atomic E-state index is 0.0726. The van der Waals surface area contributed by atoms with E-state index in [1.54, 1.807) is 0 Å². The number of carbonyl (C=O) groups is 2. The van der Waals surface area contributed by atoms with E-state index >= 15 is 0 Å². The molecule has 5 heteroatoms. The second-order valence-electron chi connectivity index (χ2n) is 7.53. The molecule has 0 spiro atoms. The second kappa shape index (κ2) is 8.87. The number of benzene rings is 2. The summed E-state index contributed by atoms with van der Waals surface area (Å²) in [5.74, 6) is 0.210. The van der Waals surface area contributed by atoms with E-state index in [2.05, 4.69) is 6.92 Å². The zero-order chi connectivity index (χ0) is 21.1. The number of ether oxygens (including phenoxy) is 1. The fraction of sp³-hybridized carbons (Fsp3) is 0.333. The van der Waals surface area contributed by atoms with Crippen molar-refractivity contribution in [2.45, 2.75) is 52.4 Å². The van der Waals surface area contributed by atoms with E-state index in [0.717, 1.165) is 17.7 Å². The summed E-state index contributed by atoms with van der Waals surface area (Å²) < 4.78 is 5.70. The van der Waals surface area contributed by atoms with Crippen LogP contribution in [0.1, 0.15) is 45.7 Å². The maximum absolute atomic E-state index is 13.3. The highest BCUT2D eigenvalue weighted by atomic mass is 32.2. The lowest BCUT2D eigenvalue weighted by Crippen LogP contribution is -2.31.